The minimum absolute atomic E-state index is 0.0277. The van der Waals surface area contributed by atoms with Gasteiger partial charge in [-0.3, -0.25) is 4.79 Å². The topological polar surface area (TPSA) is 51.2 Å². The molecule has 1 aromatic carbocycles. The summed E-state index contributed by atoms with van der Waals surface area (Å²) in [6, 6.07) is 6.49. The molecule has 0 atom stereocenters. The number of hydrogen-bond donors (Lipinski definition) is 1. The molecule has 1 aliphatic carbocycles. The van der Waals surface area contributed by atoms with Gasteiger partial charge in [0.05, 0.1) is 6.20 Å². The molecule has 0 unspecified atom stereocenters. The molecule has 126 valence electrons. The van der Waals surface area contributed by atoms with Crippen LogP contribution in [0.25, 0.3) is 0 Å². The molecule has 4 nitrogen and oxygen atoms in total. The highest BCUT2D eigenvalue weighted by molar-refractivity contribution is 5.92. The molecule has 1 heterocycles. The van der Waals surface area contributed by atoms with Crippen molar-refractivity contribution in [2.45, 2.75) is 26.7 Å². The zero-order valence-corrected chi connectivity index (χ0v) is 13.5. The van der Waals surface area contributed by atoms with Gasteiger partial charge in [0, 0.05) is 12.0 Å². The second kappa shape index (κ2) is 6.19. The highest BCUT2D eigenvalue weighted by Gasteiger charge is 2.40. The lowest BCUT2D eigenvalue weighted by Crippen LogP contribution is -2.39. The number of nitrogens with one attached hydrogen (secondary N) is 1. The van der Waals surface area contributed by atoms with E-state index in [1.807, 2.05) is 0 Å². The first-order chi connectivity index (χ1) is 11.3. The van der Waals surface area contributed by atoms with E-state index in [2.05, 4.69) is 24.1 Å². The zero-order valence-electron chi connectivity index (χ0n) is 13.5. The Kier molecular flexibility index (Phi) is 4.22. The molecule has 0 saturated heterocycles. The van der Waals surface area contributed by atoms with Crippen LogP contribution in [0.3, 0.4) is 0 Å². The van der Waals surface area contributed by atoms with Crippen molar-refractivity contribution in [1.29, 1.82) is 0 Å². The van der Waals surface area contributed by atoms with Gasteiger partial charge in [0.25, 0.3) is 0 Å². The maximum absolute atomic E-state index is 13.1. The Morgan fingerprint density at radius 3 is 2.46 bits per heavy atom. The Balaban J connectivity index is 1.59. The Morgan fingerprint density at radius 1 is 1.17 bits per heavy atom. The number of amides is 1. The van der Waals surface area contributed by atoms with Crippen molar-refractivity contribution in [3.8, 4) is 11.5 Å². The number of anilines is 1. The summed E-state index contributed by atoms with van der Waals surface area (Å²) < 4.78 is 31.4. The average molecular weight is 332 g/mol. The van der Waals surface area contributed by atoms with Gasteiger partial charge >= 0.3 is 0 Å². The van der Waals surface area contributed by atoms with Gasteiger partial charge in [-0.2, -0.15) is 0 Å². The summed E-state index contributed by atoms with van der Waals surface area (Å²) >= 11 is 0. The molecule has 1 saturated carbocycles. The predicted molar refractivity (Wildman–Crippen MR) is 85.8 cm³/mol. The molecule has 1 N–H and O–H groups in total. The minimum Gasteiger partial charge on any atom is -0.456 e. The third-order valence-electron chi connectivity index (χ3n) is 4.08. The Labute approximate surface area is 138 Å². The second-order valence-corrected chi connectivity index (χ2v) is 6.82. The molecule has 1 fully saturated rings. The molecule has 24 heavy (non-hydrogen) atoms. The number of carbonyl (C=O) groups is 1. The molecule has 1 aliphatic rings. The normalized spacial score (nSPS) is 16.3. The van der Waals surface area contributed by atoms with Crippen LogP contribution in [0.2, 0.25) is 0 Å². The van der Waals surface area contributed by atoms with Crippen LogP contribution in [0, 0.1) is 23.0 Å². The number of aromatic nitrogens is 1. The largest absolute Gasteiger partial charge is 0.456 e. The summed E-state index contributed by atoms with van der Waals surface area (Å²) in [6.07, 6.45) is 3.16. The lowest BCUT2D eigenvalue weighted by molar-refractivity contribution is -0.126. The van der Waals surface area contributed by atoms with Crippen LogP contribution >= 0.6 is 0 Å². The van der Waals surface area contributed by atoms with E-state index >= 15 is 0 Å². The second-order valence-electron chi connectivity index (χ2n) is 6.82. The molecule has 1 amide bonds. The van der Waals surface area contributed by atoms with Crippen molar-refractivity contribution in [1.82, 2.24) is 4.98 Å². The SMILES string of the molecule is CC1(C)CC(C(=O)Nc2ccc(Oc3ccc(F)c(F)c3)cn2)C1. The van der Waals surface area contributed by atoms with Crippen LogP contribution < -0.4 is 10.1 Å². The van der Waals surface area contributed by atoms with Crippen LogP contribution in [-0.4, -0.2) is 10.9 Å². The van der Waals surface area contributed by atoms with Gasteiger partial charge in [-0.25, -0.2) is 13.8 Å². The molecule has 3 rings (SSSR count). The molecule has 0 aliphatic heterocycles. The van der Waals surface area contributed by atoms with Gasteiger partial charge in [-0.1, -0.05) is 13.8 Å². The van der Waals surface area contributed by atoms with E-state index in [0.717, 1.165) is 25.0 Å². The summed E-state index contributed by atoms with van der Waals surface area (Å²) in [6.45, 7) is 4.28. The number of pyridine rings is 1. The van der Waals surface area contributed by atoms with Crippen molar-refractivity contribution < 1.29 is 18.3 Å². The monoisotopic (exact) mass is 332 g/mol. The number of halogens is 2. The van der Waals surface area contributed by atoms with Crippen molar-refractivity contribution >= 4 is 11.7 Å². The molecule has 0 radical (unpaired) electrons. The molecular formula is C18H18F2N2O2. The van der Waals surface area contributed by atoms with Crippen molar-refractivity contribution in [2.24, 2.45) is 11.3 Å². The van der Waals surface area contributed by atoms with Crippen molar-refractivity contribution in [3.63, 3.8) is 0 Å². The number of hydrogen-bond acceptors (Lipinski definition) is 3. The van der Waals surface area contributed by atoms with E-state index in [4.69, 9.17) is 4.74 Å². The van der Waals surface area contributed by atoms with Crippen molar-refractivity contribution in [2.75, 3.05) is 5.32 Å². The fourth-order valence-electron chi connectivity index (χ4n) is 2.88. The molecule has 1 aromatic heterocycles. The zero-order chi connectivity index (χ0) is 17.3. The van der Waals surface area contributed by atoms with E-state index in [-0.39, 0.29) is 23.0 Å². The predicted octanol–water partition coefficient (Wildman–Crippen LogP) is 4.53. The third-order valence-corrected chi connectivity index (χ3v) is 4.08. The maximum atomic E-state index is 13.1. The number of nitrogens with zero attached hydrogens (tertiary/aromatic N) is 1. The first-order valence-electron chi connectivity index (χ1n) is 7.72. The number of ether oxygens (including phenoxy) is 1. The van der Waals surface area contributed by atoms with Gasteiger partial charge in [-0.05, 0) is 42.5 Å². The van der Waals surface area contributed by atoms with E-state index < -0.39 is 11.6 Å². The maximum Gasteiger partial charge on any atom is 0.228 e. The van der Waals surface area contributed by atoms with Crippen LogP contribution in [0.15, 0.2) is 36.5 Å². The van der Waals surface area contributed by atoms with E-state index in [9.17, 15) is 13.6 Å². The number of rotatable bonds is 4. The molecule has 6 heteroatoms. The smallest absolute Gasteiger partial charge is 0.228 e. The molecular weight excluding hydrogens is 314 g/mol. The summed E-state index contributed by atoms with van der Waals surface area (Å²) in [7, 11) is 0. The van der Waals surface area contributed by atoms with E-state index in [1.54, 1.807) is 12.1 Å². The summed E-state index contributed by atoms with van der Waals surface area (Å²) in [5.41, 5.74) is 0.234. The van der Waals surface area contributed by atoms with Crippen LogP contribution in [0.4, 0.5) is 14.6 Å². The molecule has 2 aromatic rings. The van der Waals surface area contributed by atoms with E-state index in [0.29, 0.717) is 11.6 Å². The van der Waals surface area contributed by atoms with Crippen LogP contribution in [0.5, 0.6) is 11.5 Å². The summed E-state index contributed by atoms with van der Waals surface area (Å²) in [5.74, 6) is -0.947. The van der Waals surface area contributed by atoms with Crippen LogP contribution in [-0.2, 0) is 4.79 Å². The van der Waals surface area contributed by atoms with Gasteiger partial charge in [0.15, 0.2) is 11.6 Å². The first-order valence-corrected chi connectivity index (χ1v) is 7.72. The summed E-state index contributed by atoms with van der Waals surface area (Å²) in [5, 5.41) is 2.77. The van der Waals surface area contributed by atoms with Gasteiger partial charge in [0.1, 0.15) is 17.3 Å². The quantitative estimate of drug-likeness (QED) is 0.895. The first kappa shape index (κ1) is 16.4. The molecule has 0 bridgehead atoms. The van der Waals surface area contributed by atoms with Crippen LogP contribution in [0.1, 0.15) is 26.7 Å². The lowest BCUT2D eigenvalue weighted by atomic mass is 9.64. The van der Waals surface area contributed by atoms with Gasteiger partial charge in [-0.15, -0.1) is 0 Å². The fraction of sp³-hybridized carbons (Fsp3) is 0.333. The van der Waals surface area contributed by atoms with Gasteiger partial charge in [0.2, 0.25) is 5.91 Å². The Bertz CT molecular complexity index is 752. The molecule has 0 spiro atoms. The Hall–Kier alpha value is -2.50. The lowest BCUT2D eigenvalue weighted by Gasteiger charge is -2.41. The number of benzene rings is 1. The van der Waals surface area contributed by atoms with Crippen molar-refractivity contribution in [3.05, 3.63) is 48.2 Å². The van der Waals surface area contributed by atoms with Gasteiger partial charge < -0.3 is 10.1 Å². The minimum atomic E-state index is -0.979. The Morgan fingerprint density at radius 2 is 1.88 bits per heavy atom. The standard InChI is InChI=1S/C18H18F2N2O2/c1-18(2)8-11(9-18)17(23)22-16-6-4-13(10-21-16)24-12-3-5-14(19)15(20)7-12/h3-7,10-11H,8-9H2,1-2H3,(H,21,22,23). The average Bonchev–Trinajstić information content (AvgIpc) is 2.50. The number of carbonyl (C=O) groups excluding carboxylic acids is 1. The van der Waals surface area contributed by atoms with E-state index in [1.165, 1.54) is 12.3 Å². The highest BCUT2D eigenvalue weighted by Crippen LogP contribution is 2.45. The third kappa shape index (κ3) is 3.69. The highest BCUT2D eigenvalue weighted by atomic mass is 19.2. The summed E-state index contributed by atoms with van der Waals surface area (Å²) in [4.78, 5) is 16.2. The fourth-order valence-corrected chi connectivity index (χ4v) is 2.88.